The number of nitrogens with one attached hydrogen (secondary N) is 1. The van der Waals surface area contributed by atoms with E-state index in [1.54, 1.807) is 0 Å². The van der Waals surface area contributed by atoms with Crippen LogP contribution in [0.25, 0.3) is 0 Å². The van der Waals surface area contributed by atoms with Crippen LogP contribution < -0.4 is 5.32 Å². The van der Waals surface area contributed by atoms with Crippen LogP contribution in [0.4, 0.5) is 0 Å². The first kappa shape index (κ1) is 19.1. The van der Waals surface area contributed by atoms with E-state index in [2.05, 4.69) is 25.7 Å². The topological polar surface area (TPSA) is 83.5 Å². The highest BCUT2D eigenvalue weighted by atomic mass is 32.2. The molecular formula is C13H27N2O4S+. The lowest BCUT2D eigenvalue weighted by atomic mass is 10.2. The molecule has 0 rings (SSSR count). The fourth-order valence-electron chi connectivity index (χ4n) is 2.25. The van der Waals surface area contributed by atoms with Crippen molar-refractivity contribution in [2.45, 2.75) is 26.7 Å². The van der Waals surface area contributed by atoms with E-state index in [1.807, 2.05) is 0 Å². The average molecular weight is 307 g/mol. The van der Waals surface area contributed by atoms with Gasteiger partial charge in [-0.2, -0.15) is 8.42 Å². The number of carbonyl (C=O) groups is 1. The summed E-state index contributed by atoms with van der Waals surface area (Å²) >= 11 is 0. The first-order valence-corrected chi connectivity index (χ1v) is 8.60. The largest absolute Gasteiger partial charge is 0.352 e. The van der Waals surface area contributed by atoms with E-state index in [1.165, 1.54) is 6.08 Å². The van der Waals surface area contributed by atoms with Crippen molar-refractivity contribution in [3.63, 3.8) is 0 Å². The SMILES string of the molecule is C=CC(=O)NCCC[N+](CC)(CC)CCCS(=O)(=O)O. The number of hydrogen-bond donors (Lipinski definition) is 2. The molecule has 1 amide bonds. The number of nitrogens with zero attached hydrogens (tertiary/aromatic N) is 1. The van der Waals surface area contributed by atoms with Crippen molar-refractivity contribution in [1.29, 1.82) is 0 Å². The predicted molar refractivity (Wildman–Crippen MR) is 79.9 cm³/mol. The molecule has 0 saturated carbocycles. The standard InChI is InChI=1S/C13H26N2O4S/c1-4-13(16)14-9-7-10-15(5-2,6-3)11-8-12-20(17,18)19/h4H,1,5-12H2,2-3H3,(H-,14,16,17,18,19)/p+1. The van der Waals surface area contributed by atoms with Gasteiger partial charge in [0.25, 0.3) is 10.1 Å². The van der Waals surface area contributed by atoms with Gasteiger partial charge in [-0.3, -0.25) is 9.35 Å². The second-order valence-corrected chi connectivity index (χ2v) is 6.48. The Morgan fingerprint density at radius 2 is 1.80 bits per heavy atom. The molecular weight excluding hydrogens is 280 g/mol. The number of carbonyl (C=O) groups excluding carboxylic acids is 1. The summed E-state index contributed by atoms with van der Waals surface area (Å²) in [6, 6.07) is 0. The van der Waals surface area contributed by atoms with E-state index in [0.29, 0.717) is 19.5 Å². The van der Waals surface area contributed by atoms with Crippen LogP contribution in [0.3, 0.4) is 0 Å². The van der Waals surface area contributed by atoms with Gasteiger partial charge in [-0.1, -0.05) is 6.58 Å². The molecule has 0 radical (unpaired) electrons. The molecule has 118 valence electrons. The third-order valence-electron chi connectivity index (χ3n) is 3.67. The molecule has 0 unspecified atom stereocenters. The lowest BCUT2D eigenvalue weighted by Crippen LogP contribution is -2.50. The van der Waals surface area contributed by atoms with Gasteiger partial charge in [0.2, 0.25) is 5.91 Å². The van der Waals surface area contributed by atoms with Gasteiger partial charge >= 0.3 is 0 Å². The predicted octanol–water partition coefficient (Wildman–Crippen LogP) is 0.813. The third-order valence-corrected chi connectivity index (χ3v) is 4.47. The number of amides is 1. The minimum absolute atomic E-state index is 0.178. The molecule has 0 aromatic carbocycles. The van der Waals surface area contributed by atoms with Gasteiger partial charge < -0.3 is 9.80 Å². The molecule has 0 aliphatic carbocycles. The highest BCUT2D eigenvalue weighted by Crippen LogP contribution is 2.10. The molecule has 20 heavy (non-hydrogen) atoms. The first-order chi connectivity index (χ1) is 9.28. The summed E-state index contributed by atoms with van der Waals surface area (Å²) in [5.74, 6) is -0.373. The zero-order valence-electron chi connectivity index (χ0n) is 12.5. The molecule has 0 aliphatic heterocycles. The normalized spacial score (nSPS) is 12.2. The summed E-state index contributed by atoms with van der Waals surface area (Å²) in [6.07, 6.45) is 2.51. The monoisotopic (exact) mass is 307 g/mol. The molecule has 2 N–H and O–H groups in total. The van der Waals surface area contributed by atoms with E-state index >= 15 is 0 Å². The molecule has 0 aromatic heterocycles. The van der Waals surface area contributed by atoms with Crippen LogP contribution in [-0.2, 0) is 14.9 Å². The molecule has 0 heterocycles. The Kier molecular flexibility index (Phi) is 8.68. The molecule has 0 saturated heterocycles. The maximum absolute atomic E-state index is 11.0. The van der Waals surface area contributed by atoms with Gasteiger partial charge in [0, 0.05) is 19.4 Å². The second kappa shape index (κ2) is 9.10. The van der Waals surface area contributed by atoms with E-state index in [-0.39, 0.29) is 11.7 Å². The number of rotatable bonds is 11. The lowest BCUT2D eigenvalue weighted by molar-refractivity contribution is -0.925. The summed E-state index contributed by atoms with van der Waals surface area (Å²) in [7, 11) is -3.88. The zero-order valence-corrected chi connectivity index (χ0v) is 13.3. The van der Waals surface area contributed by atoms with Gasteiger partial charge in [-0.15, -0.1) is 0 Å². The first-order valence-electron chi connectivity index (χ1n) is 6.99. The van der Waals surface area contributed by atoms with Crippen LogP contribution in [0, 0.1) is 0 Å². The van der Waals surface area contributed by atoms with Crippen molar-refractivity contribution in [2.75, 3.05) is 38.5 Å². The molecule has 0 bridgehead atoms. The lowest BCUT2D eigenvalue weighted by Gasteiger charge is -2.37. The Labute approximate surface area is 122 Å². The van der Waals surface area contributed by atoms with Crippen LogP contribution in [-0.4, -0.2) is 61.8 Å². The van der Waals surface area contributed by atoms with Crippen molar-refractivity contribution >= 4 is 16.0 Å². The molecule has 0 fully saturated rings. The van der Waals surface area contributed by atoms with E-state index < -0.39 is 10.1 Å². The Morgan fingerprint density at radius 3 is 2.25 bits per heavy atom. The van der Waals surface area contributed by atoms with Crippen molar-refractivity contribution < 1.29 is 22.2 Å². The van der Waals surface area contributed by atoms with Crippen LogP contribution in [0.15, 0.2) is 12.7 Å². The van der Waals surface area contributed by atoms with E-state index in [4.69, 9.17) is 4.55 Å². The number of hydrogen-bond acceptors (Lipinski definition) is 3. The van der Waals surface area contributed by atoms with Crippen molar-refractivity contribution in [3.8, 4) is 0 Å². The molecule has 0 spiro atoms. The quantitative estimate of drug-likeness (QED) is 0.256. The summed E-state index contributed by atoms with van der Waals surface area (Å²) in [5.41, 5.74) is 0. The maximum Gasteiger partial charge on any atom is 0.265 e. The Morgan fingerprint density at radius 1 is 1.25 bits per heavy atom. The van der Waals surface area contributed by atoms with E-state index in [9.17, 15) is 13.2 Å². The third kappa shape index (κ3) is 8.29. The van der Waals surface area contributed by atoms with Crippen molar-refractivity contribution in [3.05, 3.63) is 12.7 Å². The maximum atomic E-state index is 11.0. The highest BCUT2D eigenvalue weighted by Gasteiger charge is 2.23. The van der Waals surface area contributed by atoms with Gasteiger partial charge in [-0.05, 0) is 19.9 Å². The smallest absolute Gasteiger partial charge is 0.265 e. The number of quaternary nitrogens is 1. The second-order valence-electron chi connectivity index (χ2n) is 4.91. The van der Waals surface area contributed by atoms with Gasteiger partial charge in [0.1, 0.15) is 0 Å². The van der Waals surface area contributed by atoms with E-state index in [0.717, 1.165) is 30.5 Å². The molecule has 0 aliphatic rings. The van der Waals surface area contributed by atoms with Crippen LogP contribution >= 0.6 is 0 Å². The highest BCUT2D eigenvalue weighted by molar-refractivity contribution is 7.85. The van der Waals surface area contributed by atoms with Crippen LogP contribution in [0.2, 0.25) is 0 Å². The van der Waals surface area contributed by atoms with Crippen molar-refractivity contribution in [1.82, 2.24) is 5.32 Å². The summed E-state index contributed by atoms with van der Waals surface area (Å²) in [6.45, 7) is 11.5. The fourth-order valence-corrected chi connectivity index (χ4v) is 2.74. The van der Waals surface area contributed by atoms with Gasteiger partial charge in [-0.25, -0.2) is 0 Å². The zero-order chi connectivity index (χ0) is 15.6. The molecule has 0 aromatic rings. The van der Waals surface area contributed by atoms with Crippen molar-refractivity contribution in [2.24, 2.45) is 0 Å². The fraction of sp³-hybridized carbons (Fsp3) is 0.769. The molecule has 7 heteroatoms. The minimum atomic E-state index is -3.88. The van der Waals surface area contributed by atoms with Crippen LogP contribution in [0.1, 0.15) is 26.7 Å². The molecule has 0 atom stereocenters. The Bertz CT molecular complexity index is 403. The Hall–Kier alpha value is -0.920. The van der Waals surface area contributed by atoms with Crippen LogP contribution in [0.5, 0.6) is 0 Å². The summed E-state index contributed by atoms with van der Waals surface area (Å²) in [4.78, 5) is 11.0. The minimum Gasteiger partial charge on any atom is -0.352 e. The van der Waals surface area contributed by atoms with Gasteiger partial charge in [0.05, 0.1) is 31.9 Å². The average Bonchev–Trinajstić information content (AvgIpc) is 2.40. The Balaban J connectivity index is 4.23. The summed E-state index contributed by atoms with van der Waals surface area (Å²) in [5, 5.41) is 2.73. The summed E-state index contributed by atoms with van der Waals surface area (Å²) < 4.78 is 31.1. The van der Waals surface area contributed by atoms with Gasteiger partial charge in [0.15, 0.2) is 0 Å². The molecule has 6 nitrogen and oxygen atoms in total.